The molecule has 1 unspecified atom stereocenters. The highest BCUT2D eigenvalue weighted by Crippen LogP contribution is 2.32. The third-order valence-electron chi connectivity index (χ3n) is 7.00. The quantitative estimate of drug-likeness (QED) is 0.327. The van der Waals surface area contributed by atoms with Crippen LogP contribution in [0.1, 0.15) is 69.4 Å². The first kappa shape index (κ1) is 26.7. The SMILES string of the molecule is C=C(/N=C(\C(F)=C/C)c1cc(F)c2nc(C)n(C(C)C)c2c1)Nc1ccc(C(C)C2CCOCC2)cn1. The minimum absolute atomic E-state index is 0.0141. The lowest BCUT2D eigenvalue weighted by atomic mass is 9.83. The van der Waals surface area contributed by atoms with Crippen LogP contribution < -0.4 is 5.32 Å². The number of aliphatic imine (C=N–C) groups is 1. The Morgan fingerprint density at radius 3 is 2.59 bits per heavy atom. The first-order valence-electron chi connectivity index (χ1n) is 12.8. The van der Waals surface area contributed by atoms with E-state index in [1.807, 2.05) is 43.7 Å². The molecule has 0 amide bonds. The van der Waals surface area contributed by atoms with Gasteiger partial charge in [0.2, 0.25) is 0 Å². The summed E-state index contributed by atoms with van der Waals surface area (Å²) in [6.07, 6.45) is 5.25. The first-order chi connectivity index (χ1) is 17.7. The molecule has 1 aliphatic heterocycles. The molecule has 3 heterocycles. The lowest BCUT2D eigenvalue weighted by Crippen LogP contribution is -2.20. The number of pyridine rings is 1. The Balaban J connectivity index is 1.59. The highest BCUT2D eigenvalue weighted by atomic mass is 19.1. The van der Waals surface area contributed by atoms with Crippen molar-refractivity contribution < 1.29 is 13.5 Å². The van der Waals surface area contributed by atoms with Crippen molar-refractivity contribution in [3.8, 4) is 0 Å². The number of halogens is 2. The van der Waals surface area contributed by atoms with Crippen molar-refractivity contribution in [2.75, 3.05) is 18.5 Å². The van der Waals surface area contributed by atoms with Crippen LogP contribution in [0.15, 0.2) is 59.8 Å². The molecule has 4 rings (SSSR count). The fourth-order valence-corrected chi connectivity index (χ4v) is 5.00. The monoisotopic (exact) mass is 507 g/mol. The number of fused-ring (bicyclic) bond motifs is 1. The van der Waals surface area contributed by atoms with Crippen molar-refractivity contribution in [2.45, 2.75) is 59.4 Å². The molecule has 1 aliphatic rings. The van der Waals surface area contributed by atoms with E-state index in [1.165, 1.54) is 12.1 Å². The summed E-state index contributed by atoms with van der Waals surface area (Å²) in [4.78, 5) is 13.3. The van der Waals surface area contributed by atoms with Gasteiger partial charge in [0.15, 0.2) is 5.82 Å². The van der Waals surface area contributed by atoms with Gasteiger partial charge in [-0.3, -0.25) is 0 Å². The Morgan fingerprint density at radius 2 is 1.97 bits per heavy atom. The van der Waals surface area contributed by atoms with Crippen LogP contribution in [-0.2, 0) is 4.74 Å². The van der Waals surface area contributed by atoms with Gasteiger partial charge < -0.3 is 14.6 Å². The molecule has 1 fully saturated rings. The van der Waals surface area contributed by atoms with E-state index in [1.54, 1.807) is 13.0 Å². The highest BCUT2D eigenvalue weighted by Gasteiger charge is 2.22. The van der Waals surface area contributed by atoms with Crippen molar-refractivity contribution in [1.29, 1.82) is 0 Å². The number of allylic oxidation sites excluding steroid dienone is 2. The molecule has 0 radical (unpaired) electrons. The third kappa shape index (κ3) is 5.80. The van der Waals surface area contributed by atoms with E-state index in [-0.39, 0.29) is 23.1 Å². The minimum Gasteiger partial charge on any atom is -0.381 e. The second-order valence-corrected chi connectivity index (χ2v) is 9.83. The summed E-state index contributed by atoms with van der Waals surface area (Å²) in [5, 5.41) is 3.03. The second-order valence-electron chi connectivity index (χ2n) is 9.83. The van der Waals surface area contributed by atoms with Crippen molar-refractivity contribution in [3.63, 3.8) is 0 Å². The average molecular weight is 508 g/mol. The fourth-order valence-electron chi connectivity index (χ4n) is 5.00. The van der Waals surface area contributed by atoms with Crippen LogP contribution in [0, 0.1) is 18.7 Å². The van der Waals surface area contributed by atoms with E-state index in [2.05, 4.69) is 33.8 Å². The number of nitrogens with zero attached hydrogens (tertiary/aromatic N) is 4. The molecule has 8 heteroatoms. The summed E-state index contributed by atoms with van der Waals surface area (Å²) in [7, 11) is 0. The van der Waals surface area contributed by atoms with Gasteiger partial charge in [-0.05, 0) is 82.2 Å². The van der Waals surface area contributed by atoms with E-state index in [9.17, 15) is 4.39 Å². The molecule has 1 saturated heterocycles. The Bertz CT molecular complexity index is 1330. The van der Waals surface area contributed by atoms with Gasteiger partial charge in [0, 0.05) is 31.0 Å². The van der Waals surface area contributed by atoms with E-state index in [0.717, 1.165) is 31.6 Å². The maximum absolute atomic E-state index is 15.0. The zero-order chi connectivity index (χ0) is 26.7. The van der Waals surface area contributed by atoms with E-state index < -0.39 is 11.6 Å². The maximum atomic E-state index is 15.0. The number of aromatic nitrogens is 3. The van der Waals surface area contributed by atoms with Gasteiger partial charge in [0.25, 0.3) is 0 Å². The van der Waals surface area contributed by atoms with Crippen LogP contribution in [0.25, 0.3) is 11.0 Å². The molecule has 3 aromatic rings. The number of nitrogens with one attached hydrogen (secondary N) is 1. The fraction of sp³-hybridized carbons (Fsp3) is 0.414. The summed E-state index contributed by atoms with van der Waals surface area (Å²) >= 11 is 0. The van der Waals surface area contributed by atoms with Crippen LogP contribution in [-0.4, -0.2) is 33.5 Å². The van der Waals surface area contributed by atoms with Crippen LogP contribution in [0.5, 0.6) is 0 Å². The van der Waals surface area contributed by atoms with Crippen molar-refractivity contribution in [3.05, 3.63) is 77.5 Å². The molecular formula is C29H35F2N5O. The Kier molecular flexibility index (Phi) is 8.17. The molecule has 0 bridgehead atoms. The number of ether oxygens (including phenoxy) is 1. The van der Waals surface area contributed by atoms with E-state index in [0.29, 0.717) is 34.6 Å². The van der Waals surface area contributed by atoms with E-state index >= 15 is 4.39 Å². The Morgan fingerprint density at radius 1 is 1.24 bits per heavy atom. The van der Waals surface area contributed by atoms with Crippen LogP contribution >= 0.6 is 0 Å². The zero-order valence-electron chi connectivity index (χ0n) is 22.2. The molecule has 2 aromatic heterocycles. The van der Waals surface area contributed by atoms with E-state index in [4.69, 9.17) is 4.74 Å². The van der Waals surface area contributed by atoms with Crippen molar-refractivity contribution in [1.82, 2.24) is 14.5 Å². The van der Waals surface area contributed by atoms with Crippen LogP contribution in [0.2, 0.25) is 0 Å². The molecule has 1 N–H and O–H groups in total. The predicted octanol–water partition coefficient (Wildman–Crippen LogP) is 7.24. The number of imidazole rings is 1. The number of rotatable bonds is 8. The molecular weight excluding hydrogens is 472 g/mol. The van der Waals surface area contributed by atoms with Gasteiger partial charge in [0.05, 0.1) is 5.52 Å². The first-order valence-corrected chi connectivity index (χ1v) is 12.8. The molecule has 0 saturated carbocycles. The highest BCUT2D eigenvalue weighted by molar-refractivity contribution is 6.13. The predicted molar refractivity (Wildman–Crippen MR) is 145 cm³/mol. The molecule has 6 nitrogen and oxygen atoms in total. The number of hydrogen-bond acceptors (Lipinski definition) is 5. The average Bonchev–Trinajstić information content (AvgIpc) is 3.24. The number of anilines is 1. The summed E-state index contributed by atoms with van der Waals surface area (Å²) in [6.45, 7) is 15.2. The maximum Gasteiger partial charge on any atom is 0.151 e. The number of benzene rings is 1. The minimum atomic E-state index is -0.581. The molecule has 37 heavy (non-hydrogen) atoms. The van der Waals surface area contributed by atoms with Gasteiger partial charge in [-0.1, -0.05) is 19.6 Å². The summed E-state index contributed by atoms with van der Waals surface area (Å²) in [5.74, 6) is 1.29. The summed E-state index contributed by atoms with van der Waals surface area (Å²) in [5.41, 5.74) is 2.30. The van der Waals surface area contributed by atoms with Crippen molar-refractivity contribution >= 4 is 22.6 Å². The largest absolute Gasteiger partial charge is 0.381 e. The molecule has 1 aromatic carbocycles. The van der Waals surface area contributed by atoms with Gasteiger partial charge in [0.1, 0.15) is 34.5 Å². The lowest BCUT2D eigenvalue weighted by Gasteiger charge is -2.27. The molecule has 0 spiro atoms. The molecule has 1 atom stereocenters. The van der Waals surface area contributed by atoms with Gasteiger partial charge >= 0.3 is 0 Å². The lowest BCUT2D eigenvalue weighted by molar-refractivity contribution is 0.0596. The summed E-state index contributed by atoms with van der Waals surface area (Å²) in [6, 6.07) is 6.95. The van der Waals surface area contributed by atoms with Crippen molar-refractivity contribution in [2.24, 2.45) is 10.9 Å². The normalized spacial score (nSPS) is 16.4. The standard InChI is InChI=1S/C29H35F2N5O/c1-7-24(30)28(23-14-25(31)29-26(15-23)36(17(2)3)20(6)35-29)34-19(5)33-27-9-8-22(16-32-27)18(4)21-10-12-37-13-11-21/h7-9,14-18,21H,5,10-13H2,1-4,6H3,(H,32,33)/b24-7+,34-28-. The smallest absolute Gasteiger partial charge is 0.151 e. The van der Waals surface area contributed by atoms with Gasteiger partial charge in [-0.25, -0.2) is 23.7 Å². The third-order valence-corrected chi connectivity index (χ3v) is 7.00. The molecule has 0 aliphatic carbocycles. The zero-order valence-corrected chi connectivity index (χ0v) is 22.2. The topological polar surface area (TPSA) is 64.3 Å². The Hall–Kier alpha value is -3.39. The van der Waals surface area contributed by atoms with Gasteiger partial charge in [-0.2, -0.15) is 0 Å². The Labute approximate surface area is 217 Å². The molecule has 196 valence electrons. The number of aryl methyl sites for hydroxylation is 1. The second kappa shape index (κ2) is 11.3. The van der Waals surface area contributed by atoms with Crippen LogP contribution in [0.3, 0.4) is 0 Å². The number of hydrogen-bond donors (Lipinski definition) is 1. The summed E-state index contributed by atoms with van der Waals surface area (Å²) < 4.78 is 37.4. The van der Waals surface area contributed by atoms with Crippen LogP contribution in [0.4, 0.5) is 14.6 Å². The van der Waals surface area contributed by atoms with Gasteiger partial charge in [-0.15, -0.1) is 0 Å².